The Hall–Kier alpha value is -1.35. The van der Waals surface area contributed by atoms with Gasteiger partial charge in [-0.1, -0.05) is 30.3 Å². The number of benzene rings is 1. The Morgan fingerprint density at radius 2 is 2.05 bits per heavy atom. The molecule has 102 valence electrons. The lowest BCUT2D eigenvalue weighted by atomic mass is 9.91. The van der Waals surface area contributed by atoms with E-state index < -0.39 is 0 Å². The molecule has 1 unspecified atom stereocenters. The zero-order valence-corrected chi connectivity index (χ0v) is 11.6. The normalized spacial score (nSPS) is 23.3. The number of hydrogen-bond acceptors (Lipinski definition) is 3. The Morgan fingerprint density at radius 3 is 2.74 bits per heavy atom. The van der Waals surface area contributed by atoms with Gasteiger partial charge in [-0.25, -0.2) is 0 Å². The molecule has 19 heavy (non-hydrogen) atoms. The molecule has 0 amide bonds. The predicted molar refractivity (Wildman–Crippen MR) is 77.1 cm³/mol. The molecule has 1 fully saturated rings. The molecule has 0 aromatic heterocycles. The van der Waals surface area contributed by atoms with E-state index in [1.165, 1.54) is 30.5 Å². The summed E-state index contributed by atoms with van der Waals surface area (Å²) in [5.74, 6) is 0. The van der Waals surface area contributed by atoms with Gasteiger partial charge in [0.1, 0.15) is 0 Å². The monoisotopic (exact) mass is 258 g/mol. The second-order valence-corrected chi connectivity index (χ2v) is 5.66. The van der Waals surface area contributed by atoms with Gasteiger partial charge in [-0.2, -0.15) is 5.10 Å². The van der Waals surface area contributed by atoms with Crippen LogP contribution in [0, 0.1) is 0 Å². The molecule has 0 N–H and O–H groups in total. The maximum absolute atomic E-state index is 5.89. The van der Waals surface area contributed by atoms with Crippen molar-refractivity contribution in [2.75, 3.05) is 6.61 Å². The number of hydrazone groups is 1. The Labute approximate surface area is 115 Å². The Balaban J connectivity index is 1.49. The average Bonchev–Trinajstić information content (AvgIpc) is 2.70. The summed E-state index contributed by atoms with van der Waals surface area (Å²) < 4.78 is 5.89. The summed E-state index contributed by atoms with van der Waals surface area (Å²) in [6, 6.07) is 11.5. The van der Waals surface area contributed by atoms with Gasteiger partial charge in [-0.05, 0) is 31.7 Å². The van der Waals surface area contributed by atoms with Crippen molar-refractivity contribution in [3.8, 4) is 0 Å². The van der Waals surface area contributed by atoms with Crippen molar-refractivity contribution < 1.29 is 4.74 Å². The highest BCUT2D eigenvalue weighted by molar-refractivity contribution is 5.83. The van der Waals surface area contributed by atoms with Crippen LogP contribution in [0.2, 0.25) is 0 Å². The highest BCUT2D eigenvalue weighted by Crippen LogP contribution is 2.30. The molecule has 1 aliphatic heterocycles. The van der Waals surface area contributed by atoms with Crippen LogP contribution in [0.1, 0.15) is 38.2 Å². The van der Waals surface area contributed by atoms with E-state index in [0.717, 1.165) is 13.0 Å². The Kier molecular flexibility index (Phi) is 3.83. The first-order valence-electron chi connectivity index (χ1n) is 7.27. The van der Waals surface area contributed by atoms with E-state index in [-0.39, 0.29) is 0 Å². The summed E-state index contributed by atoms with van der Waals surface area (Å²) in [7, 11) is 0. The lowest BCUT2D eigenvalue weighted by Crippen LogP contribution is -2.42. The number of hydrogen-bond donors (Lipinski definition) is 0. The molecule has 3 nitrogen and oxygen atoms in total. The lowest BCUT2D eigenvalue weighted by Gasteiger charge is -2.37. The quantitative estimate of drug-likeness (QED) is 0.810. The van der Waals surface area contributed by atoms with Crippen molar-refractivity contribution in [3.05, 3.63) is 35.9 Å². The maximum Gasteiger partial charge on any atom is 0.0760 e. The molecule has 0 radical (unpaired) electrons. The average molecular weight is 258 g/mol. The maximum atomic E-state index is 5.89. The highest BCUT2D eigenvalue weighted by atomic mass is 16.5. The molecule has 1 aromatic rings. The lowest BCUT2D eigenvalue weighted by molar-refractivity contribution is 0.0237. The largest absolute Gasteiger partial charge is 0.375 e. The van der Waals surface area contributed by atoms with Crippen LogP contribution in [0.3, 0.4) is 0 Å². The molecule has 0 spiro atoms. The van der Waals surface area contributed by atoms with E-state index in [2.05, 4.69) is 41.3 Å². The van der Waals surface area contributed by atoms with Crippen LogP contribution >= 0.6 is 0 Å². The van der Waals surface area contributed by atoms with Crippen LogP contribution in [0.25, 0.3) is 0 Å². The number of rotatable bonds is 5. The summed E-state index contributed by atoms with van der Waals surface area (Å²) in [5.41, 5.74) is 2.49. The van der Waals surface area contributed by atoms with E-state index >= 15 is 0 Å². The summed E-state index contributed by atoms with van der Waals surface area (Å²) in [6.45, 7) is 3.62. The first kappa shape index (κ1) is 12.7. The minimum Gasteiger partial charge on any atom is -0.375 e. The zero-order valence-electron chi connectivity index (χ0n) is 11.6. The smallest absolute Gasteiger partial charge is 0.0760 e. The second-order valence-electron chi connectivity index (χ2n) is 5.66. The van der Waals surface area contributed by atoms with Crippen LogP contribution in [0.15, 0.2) is 35.4 Å². The minimum absolute atomic E-state index is 0.453. The van der Waals surface area contributed by atoms with Crippen molar-refractivity contribution in [1.82, 2.24) is 5.01 Å². The molecule has 0 saturated heterocycles. The van der Waals surface area contributed by atoms with Gasteiger partial charge < -0.3 is 4.74 Å². The standard InChI is InChI=1S/C16H22N2O/c1-13-10-16(18(17-13)15-8-5-9-15)12-19-11-14-6-3-2-4-7-14/h2-4,6-7,15-16H,5,8-12H2,1H3. The van der Waals surface area contributed by atoms with Crippen molar-refractivity contribution in [2.45, 2.75) is 51.3 Å². The molecule has 2 aliphatic rings. The minimum atomic E-state index is 0.453. The molecule has 0 bridgehead atoms. The van der Waals surface area contributed by atoms with Crippen molar-refractivity contribution in [1.29, 1.82) is 0 Å². The third kappa shape index (κ3) is 2.98. The van der Waals surface area contributed by atoms with E-state index in [0.29, 0.717) is 18.7 Å². The molecule has 1 saturated carbocycles. The Bertz CT molecular complexity index is 439. The van der Waals surface area contributed by atoms with Gasteiger partial charge in [0.15, 0.2) is 0 Å². The summed E-state index contributed by atoms with van der Waals surface area (Å²) in [6.07, 6.45) is 5.01. The number of ether oxygens (including phenoxy) is 1. The fraction of sp³-hybridized carbons (Fsp3) is 0.562. The molecule has 1 heterocycles. The van der Waals surface area contributed by atoms with Gasteiger partial charge in [-0.3, -0.25) is 5.01 Å². The fourth-order valence-electron chi connectivity index (χ4n) is 2.81. The van der Waals surface area contributed by atoms with Crippen LogP contribution in [-0.2, 0) is 11.3 Å². The molecule has 3 heteroatoms. The third-order valence-electron chi connectivity index (χ3n) is 4.06. The zero-order chi connectivity index (χ0) is 13.1. The molecular weight excluding hydrogens is 236 g/mol. The van der Waals surface area contributed by atoms with Crippen molar-refractivity contribution >= 4 is 5.71 Å². The summed E-state index contributed by atoms with van der Waals surface area (Å²) in [5, 5.41) is 7.00. The first-order valence-corrected chi connectivity index (χ1v) is 7.27. The van der Waals surface area contributed by atoms with Crippen molar-refractivity contribution in [3.63, 3.8) is 0 Å². The third-order valence-corrected chi connectivity index (χ3v) is 4.06. The SMILES string of the molecule is CC1=NN(C2CCC2)C(COCc2ccccc2)C1. The van der Waals surface area contributed by atoms with Crippen LogP contribution in [-0.4, -0.2) is 29.4 Å². The van der Waals surface area contributed by atoms with Gasteiger partial charge >= 0.3 is 0 Å². The number of nitrogens with zero attached hydrogens (tertiary/aromatic N) is 2. The van der Waals surface area contributed by atoms with E-state index in [9.17, 15) is 0 Å². The molecule has 3 rings (SSSR count). The summed E-state index contributed by atoms with van der Waals surface area (Å²) in [4.78, 5) is 0. The predicted octanol–water partition coefficient (Wildman–Crippen LogP) is 3.21. The van der Waals surface area contributed by atoms with E-state index in [1.54, 1.807) is 0 Å². The Morgan fingerprint density at radius 1 is 1.26 bits per heavy atom. The van der Waals surface area contributed by atoms with Crippen LogP contribution in [0.5, 0.6) is 0 Å². The fourth-order valence-corrected chi connectivity index (χ4v) is 2.81. The topological polar surface area (TPSA) is 24.8 Å². The molecule has 1 aromatic carbocycles. The summed E-state index contributed by atoms with van der Waals surface area (Å²) >= 11 is 0. The van der Waals surface area contributed by atoms with Gasteiger partial charge in [0.25, 0.3) is 0 Å². The second kappa shape index (κ2) is 5.74. The molecular formula is C16H22N2O. The van der Waals surface area contributed by atoms with Crippen LogP contribution in [0.4, 0.5) is 0 Å². The van der Waals surface area contributed by atoms with Gasteiger partial charge in [0.2, 0.25) is 0 Å². The molecule has 1 atom stereocenters. The van der Waals surface area contributed by atoms with Gasteiger partial charge in [0, 0.05) is 18.2 Å². The van der Waals surface area contributed by atoms with Crippen LogP contribution < -0.4 is 0 Å². The van der Waals surface area contributed by atoms with E-state index in [1.807, 2.05) is 6.07 Å². The van der Waals surface area contributed by atoms with Gasteiger partial charge in [0.05, 0.1) is 19.3 Å². The van der Waals surface area contributed by atoms with Gasteiger partial charge in [-0.15, -0.1) is 0 Å². The highest BCUT2D eigenvalue weighted by Gasteiger charge is 2.33. The van der Waals surface area contributed by atoms with Crippen molar-refractivity contribution in [2.24, 2.45) is 5.10 Å². The molecule has 1 aliphatic carbocycles. The van der Waals surface area contributed by atoms with E-state index in [4.69, 9.17) is 4.74 Å². The first-order chi connectivity index (χ1) is 9.33.